The van der Waals surface area contributed by atoms with Crippen LogP contribution in [0.5, 0.6) is 0 Å². The number of nitrogens with one attached hydrogen (secondary N) is 1. The molecule has 1 amide bonds. The molecule has 3 rings (SSSR count). The van der Waals surface area contributed by atoms with Crippen molar-refractivity contribution in [3.8, 4) is 23.4 Å². The molecule has 10 heteroatoms. The zero-order valence-corrected chi connectivity index (χ0v) is 19.0. The Morgan fingerprint density at radius 1 is 1.22 bits per heavy atom. The van der Waals surface area contributed by atoms with Crippen molar-refractivity contribution in [2.24, 2.45) is 0 Å². The molecule has 0 aliphatic rings. The van der Waals surface area contributed by atoms with E-state index in [0.29, 0.717) is 32.7 Å². The molecule has 0 bridgehead atoms. The topological polar surface area (TPSA) is 128 Å². The number of aromatic nitrogens is 2. The van der Waals surface area contributed by atoms with Crippen LogP contribution in [0.1, 0.15) is 42.9 Å². The number of nitrogens with zero attached hydrogens (tertiary/aromatic N) is 4. The maximum absolute atomic E-state index is 13.1. The Labute approximate surface area is 193 Å². The highest BCUT2D eigenvalue weighted by Crippen LogP contribution is 2.33. The number of benzene rings is 1. The van der Waals surface area contributed by atoms with E-state index in [-0.39, 0.29) is 35.4 Å². The van der Waals surface area contributed by atoms with Crippen LogP contribution in [0, 0.1) is 28.5 Å². The lowest BCUT2D eigenvalue weighted by atomic mass is 9.94. The van der Waals surface area contributed by atoms with Crippen molar-refractivity contribution in [2.75, 3.05) is 16.8 Å². The van der Waals surface area contributed by atoms with E-state index in [1.807, 2.05) is 19.9 Å². The van der Waals surface area contributed by atoms with Gasteiger partial charge >= 0.3 is 0 Å². The number of carbonyl (C=O) groups excluding carboxylic acids is 1. The lowest BCUT2D eigenvalue weighted by molar-refractivity contribution is -0.115. The van der Waals surface area contributed by atoms with Crippen molar-refractivity contribution in [2.45, 2.75) is 31.2 Å². The van der Waals surface area contributed by atoms with Crippen LogP contribution in [-0.2, 0) is 4.79 Å². The van der Waals surface area contributed by atoms with Gasteiger partial charge in [-0.15, -0.1) is 23.1 Å². The lowest BCUT2D eigenvalue weighted by Crippen LogP contribution is -2.12. The second-order valence-electron chi connectivity index (χ2n) is 7.04. The van der Waals surface area contributed by atoms with E-state index < -0.39 is 0 Å². The molecule has 0 spiro atoms. The van der Waals surface area contributed by atoms with E-state index in [1.54, 1.807) is 17.5 Å². The number of thiazole rings is 1. The number of anilines is 2. The van der Waals surface area contributed by atoms with Gasteiger partial charge in [0.1, 0.15) is 28.8 Å². The lowest BCUT2D eigenvalue weighted by Gasteiger charge is -2.15. The van der Waals surface area contributed by atoms with Crippen LogP contribution in [0.25, 0.3) is 11.3 Å². The molecule has 0 fully saturated rings. The van der Waals surface area contributed by atoms with Crippen molar-refractivity contribution in [1.82, 2.24) is 9.97 Å². The van der Waals surface area contributed by atoms with Crippen molar-refractivity contribution >= 4 is 40.0 Å². The molecule has 0 aliphatic heterocycles. The molecule has 0 unspecified atom stereocenters. The number of nitrogen functional groups attached to an aromatic ring is 1. The molecule has 0 atom stereocenters. The van der Waals surface area contributed by atoms with Crippen LogP contribution in [0.4, 0.5) is 15.3 Å². The van der Waals surface area contributed by atoms with Crippen LogP contribution in [0.3, 0.4) is 0 Å². The average molecular weight is 467 g/mol. The molecule has 0 radical (unpaired) electrons. The fourth-order valence-electron chi connectivity index (χ4n) is 3.01. The molecule has 162 valence electrons. The van der Waals surface area contributed by atoms with E-state index in [1.165, 1.54) is 35.2 Å². The second-order valence-corrected chi connectivity index (χ2v) is 8.98. The maximum atomic E-state index is 13.1. The number of rotatable bonds is 7. The molecule has 0 aliphatic carbocycles. The molecule has 0 saturated heterocycles. The molecule has 32 heavy (non-hydrogen) atoms. The average Bonchev–Trinajstić information content (AvgIpc) is 3.22. The molecule has 1 aromatic carbocycles. The molecule has 7 nitrogen and oxygen atoms in total. The van der Waals surface area contributed by atoms with E-state index in [2.05, 4.69) is 21.4 Å². The van der Waals surface area contributed by atoms with Crippen LogP contribution in [0.2, 0.25) is 0 Å². The van der Waals surface area contributed by atoms with Gasteiger partial charge < -0.3 is 11.1 Å². The highest BCUT2D eigenvalue weighted by atomic mass is 32.2. The third-order valence-corrected chi connectivity index (χ3v) is 6.22. The van der Waals surface area contributed by atoms with Crippen molar-refractivity contribution in [3.63, 3.8) is 0 Å². The Morgan fingerprint density at radius 3 is 2.53 bits per heavy atom. The Bertz CT molecular complexity index is 1220. The first kappa shape index (κ1) is 23.2. The summed E-state index contributed by atoms with van der Waals surface area (Å²) in [7, 11) is 0. The first-order chi connectivity index (χ1) is 15.3. The molecular formula is C22H19FN6OS2. The molecular weight excluding hydrogens is 447 g/mol. The van der Waals surface area contributed by atoms with E-state index in [9.17, 15) is 19.7 Å². The number of hydrogen-bond acceptors (Lipinski definition) is 8. The number of thioether (sulfide) groups is 1. The van der Waals surface area contributed by atoms with Gasteiger partial charge in [0.05, 0.1) is 16.8 Å². The first-order valence-corrected chi connectivity index (χ1v) is 11.5. The maximum Gasteiger partial charge on any atom is 0.226 e. The minimum absolute atomic E-state index is 0.0764. The molecule has 3 aromatic rings. The molecule has 2 heterocycles. The monoisotopic (exact) mass is 466 g/mol. The number of hydrogen-bond donors (Lipinski definition) is 2. The van der Waals surface area contributed by atoms with Gasteiger partial charge in [0, 0.05) is 23.1 Å². The normalized spacial score (nSPS) is 10.6. The summed E-state index contributed by atoms with van der Waals surface area (Å²) in [6.45, 7) is 3.76. The predicted molar refractivity (Wildman–Crippen MR) is 124 cm³/mol. The Balaban J connectivity index is 1.64. The summed E-state index contributed by atoms with van der Waals surface area (Å²) >= 11 is 2.52. The quantitative estimate of drug-likeness (QED) is 0.473. The van der Waals surface area contributed by atoms with Crippen molar-refractivity contribution in [3.05, 3.63) is 52.2 Å². The second kappa shape index (κ2) is 10.2. The number of halogens is 1. The number of amides is 1. The van der Waals surface area contributed by atoms with Gasteiger partial charge in [0.25, 0.3) is 0 Å². The predicted octanol–water partition coefficient (Wildman–Crippen LogP) is 4.91. The van der Waals surface area contributed by atoms with Gasteiger partial charge in [-0.1, -0.05) is 13.8 Å². The Hall–Kier alpha value is -3.47. The van der Waals surface area contributed by atoms with Gasteiger partial charge in [-0.3, -0.25) is 4.79 Å². The summed E-state index contributed by atoms with van der Waals surface area (Å²) in [4.78, 5) is 20.9. The Kier molecular flexibility index (Phi) is 7.41. The van der Waals surface area contributed by atoms with E-state index in [4.69, 9.17) is 5.73 Å². The summed E-state index contributed by atoms with van der Waals surface area (Å²) in [6, 6.07) is 10.1. The van der Waals surface area contributed by atoms with Crippen LogP contribution >= 0.6 is 23.1 Å². The van der Waals surface area contributed by atoms with Crippen LogP contribution in [0.15, 0.2) is 34.7 Å². The zero-order valence-electron chi connectivity index (χ0n) is 17.3. The summed E-state index contributed by atoms with van der Waals surface area (Å²) in [5, 5.41) is 24.4. The zero-order chi connectivity index (χ0) is 23.3. The summed E-state index contributed by atoms with van der Waals surface area (Å²) < 4.78 is 13.1. The highest BCUT2D eigenvalue weighted by Gasteiger charge is 2.21. The van der Waals surface area contributed by atoms with Gasteiger partial charge in [0.2, 0.25) is 5.91 Å². The first-order valence-electron chi connectivity index (χ1n) is 9.61. The Morgan fingerprint density at radius 2 is 1.91 bits per heavy atom. The minimum Gasteiger partial charge on any atom is -0.383 e. The molecule has 2 aromatic heterocycles. The third kappa shape index (κ3) is 5.22. The fraction of sp³-hybridized carbons (Fsp3) is 0.227. The molecule has 0 saturated carbocycles. The summed E-state index contributed by atoms with van der Waals surface area (Å²) in [6.07, 6.45) is 0.166. The number of pyridine rings is 1. The molecule has 3 N–H and O–H groups in total. The fourth-order valence-corrected chi connectivity index (χ4v) is 4.69. The van der Waals surface area contributed by atoms with Crippen molar-refractivity contribution in [1.29, 1.82) is 10.5 Å². The van der Waals surface area contributed by atoms with Crippen LogP contribution in [-0.4, -0.2) is 21.6 Å². The summed E-state index contributed by atoms with van der Waals surface area (Å²) in [5.74, 6) is -0.187. The smallest absolute Gasteiger partial charge is 0.226 e. The van der Waals surface area contributed by atoms with Gasteiger partial charge in [0.15, 0.2) is 5.13 Å². The van der Waals surface area contributed by atoms with Gasteiger partial charge in [-0.25, -0.2) is 14.4 Å². The number of carbonyl (C=O) groups is 1. The van der Waals surface area contributed by atoms with Gasteiger partial charge in [-0.2, -0.15) is 10.5 Å². The SMILES string of the molecule is CC(C)c1c(C#N)c(N)nc(SCCC(=O)Nc2nc(-c3ccc(F)cc3)cs2)c1C#N. The largest absolute Gasteiger partial charge is 0.383 e. The van der Waals surface area contributed by atoms with E-state index >= 15 is 0 Å². The third-order valence-electron chi connectivity index (χ3n) is 4.49. The number of nitrogens with two attached hydrogens (primary N) is 1. The van der Waals surface area contributed by atoms with Gasteiger partial charge in [-0.05, 0) is 35.7 Å². The summed E-state index contributed by atoms with van der Waals surface area (Å²) in [5.41, 5.74) is 8.45. The van der Waals surface area contributed by atoms with Crippen molar-refractivity contribution < 1.29 is 9.18 Å². The van der Waals surface area contributed by atoms with Crippen LogP contribution < -0.4 is 11.1 Å². The minimum atomic E-state index is -0.325. The van der Waals surface area contributed by atoms with E-state index in [0.717, 1.165) is 5.56 Å². The highest BCUT2D eigenvalue weighted by molar-refractivity contribution is 7.99. The number of nitriles is 2. The standard InChI is InChI=1S/C22H19FN6OS2/c1-12(2)19-15(9-24)20(26)29-21(16(19)10-25)31-8-7-18(30)28-22-27-17(11-32-22)13-3-5-14(23)6-4-13/h3-6,11-12H,7-8H2,1-2H3,(H2,26,29)(H,27,28,30).